The molecule has 0 aliphatic carbocycles. The van der Waals surface area contributed by atoms with Crippen molar-refractivity contribution in [2.24, 2.45) is 5.73 Å². The Morgan fingerprint density at radius 3 is 2.53 bits per heavy atom. The number of aromatic hydroxyl groups is 1. The van der Waals surface area contributed by atoms with Gasteiger partial charge in [-0.25, -0.2) is 4.79 Å². The Morgan fingerprint density at radius 1 is 1.26 bits per heavy atom. The summed E-state index contributed by atoms with van der Waals surface area (Å²) in [5.74, 6) is -3.74. The lowest BCUT2D eigenvalue weighted by Gasteiger charge is -2.00. The molecular formula is C11H8N2O5S. The maximum Gasteiger partial charge on any atom is 0.394 e. The van der Waals surface area contributed by atoms with E-state index in [1.165, 1.54) is 18.2 Å². The van der Waals surface area contributed by atoms with Gasteiger partial charge in [-0.2, -0.15) is 0 Å². The predicted molar refractivity (Wildman–Crippen MR) is 68.3 cm³/mol. The fraction of sp³-hybridized carbons (Fsp3) is 0. The molecule has 5 N–H and O–H groups in total. The van der Waals surface area contributed by atoms with Crippen molar-refractivity contribution in [3.8, 4) is 5.75 Å². The zero-order chi connectivity index (χ0) is 14.2. The molecule has 0 saturated carbocycles. The summed E-state index contributed by atoms with van der Waals surface area (Å²) in [6, 6.07) is 4.23. The lowest BCUT2D eigenvalue weighted by atomic mass is 10.1. The molecule has 0 spiro atoms. The molecule has 7 nitrogen and oxygen atoms in total. The van der Waals surface area contributed by atoms with Crippen LogP contribution in [0.2, 0.25) is 0 Å². The highest BCUT2D eigenvalue weighted by Crippen LogP contribution is 2.37. The third-order valence-electron chi connectivity index (χ3n) is 2.34. The number of anilines is 1. The average molecular weight is 280 g/mol. The van der Waals surface area contributed by atoms with Crippen LogP contribution in [0.5, 0.6) is 5.75 Å². The molecule has 1 heterocycles. The summed E-state index contributed by atoms with van der Waals surface area (Å²) in [6.45, 7) is 0. The van der Waals surface area contributed by atoms with E-state index in [0.29, 0.717) is 10.1 Å². The second kappa shape index (κ2) is 4.58. The van der Waals surface area contributed by atoms with Gasteiger partial charge in [0.15, 0.2) is 0 Å². The number of nitrogens with one attached hydrogen (secondary N) is 1. The smallest absolute Gasteiger partial charge is 0.394 e. The number of amides is 2. The number of carboxylic acid groups (broad SMARTS) is 1. The number of nitrogens with two attached hydrogens (primary N) is 1. The minimum absolute atomic E-state index is 0.0131. The number of thiophene rings is 1. The highest BCUT2D eigenvalue weighted by Gasteiger charge is 2.21. The van der Waals surface area contributed by atoms with Crippen molar-refractivity contribution < 1.29 is 24.6 Å². The zero-order valence-corrected chi connectivity index (χ0v) is 10.2. The number of phenols is 1. The number of benzene rings is 1. The summed E-state index contributed by atoms with van der Waals surface area (Å²) in [5, 5.41) is 20.5. The zero-order valence-electron chi connectivity index (χ0n) is 9.34. The largest absolute Gasteiger partial charge is 0.508 e. The van der Waals surface area contributed by atoms with Gasteiger partial charge in [0.2, 0.25) is 0 Å². The van der Waals surface area contributed by atoms with Crippen LogP contribution >= 0.6 is 11.3 Å². The molecule has 0 saturated heterocycles. The molecule has 2 amide bonds. The minimum atomic E-state index is -1.67. The van der Waals surface area contributed by atoms with Gasteiger partial charge in [0.25, 0.3) is 5.91 Å². The molecule has 2 aromatic rings. The molecule has 0 aliphatic heterocycles. The van der Waals surface area contributed by atoms with Crippen LogP contribution in [0.15, 0.2) is 18.2 Å². The molecule has 0 aliphatic rings. The van der Waals surface area contributed by atoms with Gasteiger partial charge in [0, 0.05) is 10.1 Å². The van der Waals surface area contributed by atoms with E-state index < -0.39 is 17.8 Å². The number of fused-ring (bicyclic) bond motifs is 1. The van der Waals surface area contributed by atoms with E-state index in [0.717, 1.165) is 11.3 Å². The van der Waals surface area contributed by atoms with Crippen LogP contribution in [0.25, 0.3) is 10.1 Å². The van der Waals surface area contributed by atoms with Crippen molar-refractivity contribution in [1.29, 1.82) is 0 Å². The second-order valence-electron chi connectivity index (χ2n) is 3.61. The normalized spacial score (nSPS) is 10.3. The van der Waals surface area contributed by atoms with Crippen molar-refractivity contribution in [2.75, 3.05) is 5.32 Å². The van der Waals surface area contributed by atoms with Crippen LogP contribution in [-0.2, 0) is 9.59 Å². The van der Waals surface area contributed by atoms with E-state index in [1.807, 2.05) is 0 Å². The molecule has 0 unspecified atom stereocenters. The van der Waals surface area contributed by atoms with Crippen LogP contribution < -0.4 is 11.1 Å². The topological polar surface area (TPSA) is 130 Å². The third-order valence-corrected chi connectivity index (χ3v) is 3.41. The van der Waals surface area contributed by atoms with Gasteiger partial charge in [-0.15, -0.1) is 11.3 Å². The van der Waals surface area contributed by atoms with Gasteiger partial charge in [0.1, 0.15) is 10.8 Å². The summed E-state index contributed by atoms with van der Waals surface area (Å²) in [5.41, 5.74) is 5.24. The molecule has 2 rings (SSSR count). The quantitative estimate of drug-likeness (QED) is 0.602. The first-order valence-corrected chi connectivity index (χ1v) is 5.81. The molecule has 1 aromatic carbocycles. The Hall–Kier alpha value is -2.61. The molecule has 98 valence electrons. The first kappa shape index (κ1) is 12.8. The van der Waals surface area contributed by atoms with Crippen molar-refractivity contribution in [1.82, 2.24) is 0 Å². The third kappa shape index (κ3) is 2.33. The van der Waals surface area contributed by atoms with Gasteiger partial charge in [-0.05, 0) is 18.2 Å². The molecule has 0 radical (unpaired) electrons. The Labute approximate surface area is 110 Å². The predicted octanol–water partition coefficient (Wildman–Crippen LogP) is 0.729. The van der Waals surface area contributed by atoms with Crippen LogP contribution in [0.4, 0.5) is 5.00 Å². The first-order chi connectivity index (χ1) is 8.90. The first-order valence-electron chi connectivity index (χ1n) is 4.99. The lowest BCUT2D eigenvalue weighted by molar-refractivity contribution is -0.147. The Kier molecular flexibility index (Phi) is 3.09. The van der Waals surface area contributed by atoms with Crippen molar-refractivity contribution >= 4 is 44.2 Å². The second-order valence-corrected chi connectivity index (χ2v) is 4.66. The number of hydrogen-bond donors (Lipinski definition) is 4. The number of phenolic OH excluding ortho intramolecular Hbond substituents is 1. The lowest BCUT2D eigenvalue weighted by Crippen LogP contribution is -2.23. The van der Waals surface area contributed by atoms with E-state index in [-0.39, 0.29) is 16.3 Å². The molecular weight excluding hydrogens is 272 g/mol. The number of rotatable bonds is 2. The van der Waals surface area contributed by atoms with Gasteiger partial charge >= 0.3 is 11.9 Å². The van der Waals surface area contributed by atoms with E-state index in [1.54, 1.807) is 0 Å². The van der Waals surface area contributed by atoms with Crippen LogP contribution in [-0.4, -0.2) is 28.0 Å². The number of carbonyl (C=O) groups is 3. The SMILES string of the molecule is NC(=O)c1c(NC(=O)C(=O)O)sc2cc(O)ccc12. The Bertz CT molecular complexity index is 706. The monoisotopic (exact) mass is 280 g/mol. The number of carboxylic acids is 1. The van der Waals surface area contributed by atoms with E-state index in [2.05, 4.69) is 5.32 Å². The van der Waals surface area contributed by atoms with E-state index >= 15 is 0 Å². The Morgan fingerprint density at radius 2 is 1.95 bits per heavy atom. The highest BCUT2D eigenvalue weighted by molar-refractivity contribution is 7.23. The molecule has 0 fully saturated rings. The summed E-state index contributed by atoms with van der Waals surface area (Å²) >= 11 is 0.956. The fourth-order valence-corrected chi connectivity index (χ4v) is 2.71. The van der Waals surface area contributed by atoms with Gasteiger partial charge in [-0.3, -0.25) is 9.59 Å². The number of aliphatic carboxylic acids is 1. The maximum absolute atomic E-state index is 11.4. The van der Waals surface area contributed by atoms with Crippen molar-refractivity contribution in [3.05, 3.63) is 23.8 Å². The van der Waals surface area contributed by atoms with Gasteiger partial charge in [0.05, 0.1) is 5.56 Å². The number of hydrogen-bond acceptors (Lipinski definition) is 5. The Balaban J connectivity index is 2.59. The summed E-state index contributed by atoms with van der Waals surface area (Å²) in [7, 11) is 0. The van der Waals surface area contributed by atoms with Crippen LogP contribution in [0, 0.1) is 0 Å². The average Bonchev–Trinajstić information content (AvgIpc) is 2.65. The van der Waals surface area contributed by atoms with Crippen molar-refractivity contribution in [3.63, 3.8) is 0 Å². The van der Waals surface area contributed by atoms with E-state index in [9.17, 15) is 19.5 Å². The number of primary amides is 1. The standard InChI is InChI=1S/C11H8N2O5S/c12-8(15)7-5-2-1-4(14)3-6(5)19-10(7)13-9(16)11(17)18/h1-3,14H,(H2,12,15)(H,13,16)(H,17,18). The highest BCUT2D eigenvalue weighted by atomic mass is 32.1. The molecule has 19 heavy (non-hydrogen) atoms. The molecule has 1 aromatic heterocycles. The fourth-order valence-electron chi connectivity index (χ4n) is 1.57. The maximum atomic E-state index is 11.4. The van der Waals surface area contributed by atoms with Crippen molar-refractivity contribution in [2.45, 2.75) is 0 Å². The molecule has 8 heteroatoms. The van der Waals surface area contributed by atoms with Gasteiger partial charge in [-0.1, -0.05) is 0 Å². The molecule has 0 atom stereocenters. The summed E-state index contributed by atoms with van der Waals surface area (Å²) < 4.78 is 0.509. The minimum Gasteiger partial charge on any atom is -0.508 e. The van der Waals surface area contributed by atoms with Crippen LogP contribution in [0.3, 0.4) is 0 Å². The van der Waals surface area contributed by atoms with Crippen LogP contribution in [0.1, 0.15) is 10.4 Å². The summed E-state index contributed by atoms with van der Waals surface area (Å²) in [4.78, 5) is 33.0. The summed E-state index contributed by atoms with van der Waals surface area (Å²) in [6.07, 6.45) is 0. The van der Waals surface area contributed by atoms with Gasteiger partial charge < -0.3 is 21.3 Å². The van der Waals surface area contributed by atoms with E-state index in [4.69, 9.17) is 10.8 Å². The molecule has 0 bridgehead atoms. The number of carbonyl (C=O) groups excluding carboxylic acids is 2.